The standard InChI is InChI=1S/C15H31NO/c1-4-7-9-10-12-15(17)16-13-14(6-3)11-8-5-2/h14H,4-13H2,1-3H3,(H,16,17). The first-order valence-corrected chi connectivity index (χ1v) is 7.51. The van der Waals surface area contributed by atoms with E-state index in [1.165, 1.54) is 44.9 Å². The Morgan fingerprint density at radius 1 is 1.00 bits per heavy atom. The average molecular weight is 241 g/mol. The van der Waals surface area contributed by atoms with Crippen molar-refractivity contribution in [3.63, 3.8) is 0 Å². The SMILES string of the molecule is CCCCCCC(=O)NCC(CC)CCCC. The predicted octanol–water partition coefficient (Wildman–Crippen LogP) is 4.29. The van der Waals surface area contributed by atoms with Crippen molar-refractivity contribution < 1.29 is 4.79 Å². The molecule has 1 amide bonds. The van der Waals surface area contributed by atoms with Gasteiger partial charge in [-0.2, -0.15) is 0 Å². The molecule has 0 aliphatic carbocycles. The second kappa shape index (κ2) is 11.9. The van der Waals surface area contributed by atoms with Crippen LogP contribution in [0.4, 0.5) is 0 Å². The van der Waals surface area contributed by atoms with Gasteiger partial charge in [0.05, 0.1) is 0 Å². The summed E-state index contributed by atoms with van der Waals surface area (Å²) < 4.78 is 0. The van der Waals surface area contributed by atoms with Crippen molar-refractivity contribution >= 4 is 5.91 Å². The third kappa shape index (κ3) is 10.3. The summed E-state index contributed by atoms with van der Waals surface area (Å²) in [5, 5.41) is 3.08. The summed E-state index contributed by atoms with van der Waals surface area (Å²) in [7, 11) is 0. The third-order valence-corrected chi connectivity index (χ3v) is 3.39. The highest BCUT2D eigenvalue weighted by Crippen LogP contribution is 2.11. The summed E-state index contributed by atoms with van der Waals surface area (Å²) >= 11 is 0. The number of rotatable bonds is 11. The van der Waals surface area contributed by atoms with Crippen LogP contribution in [0.15, 0.2) is 0 Å². The van der Waals surface area contributed by atoms with Gasteiger partial charge in [-0.15, -0.1) is 0 Å². The van der Waals surface area contributed by atoms with E-state index < -0.39 is 0 Å². The van der Waals surface area contributed by atoms with Crippen molar-refractivity contribution in [1.29, 1.82) is 0 Å². The Bertz CT molecular complexity index is 180. The van der Waals surface area contributed by atoms with E-state index >= 15 is 0 Å². The van der Waals surface area contributed by atoms with Crippen molar-refractivity contribution in [3.05, 3.63) is 0 Å². The number of nitrogens with one attached hydrogen (secondary N) is 1. The highest BCUT2D eigenvalue weighted by atomic mass is 16.1. The van der Waals surface area contributed by atoms with Crippen molar-refractivity contribution in [2.75, 3.05) is 6.54 Å². The molecule has 0 bridgehead atoms. The lowest BCUT2D eigenvalue weighted by atomic mass is 9.99. The molecule has 0 aromatic carbocycles. The van der Waals surface area contributed by atoms with Crippen molar-refractivity contribution in [2.45, 2.75) is 78.6 Å². The summed E-state index contributed by atoms with van der Waals surface area (Å²) in [6, 6.07) is 0. The summed E-state index contributed by atoms with van der Waals surface area (Å²) in [4.78, 5) is 11.6. The van der Waals surface area contributed by atoms with Gasteiger partial charge in [-0.1, -0.05) is 59.3 Å². The first-order chi connectivity index (χ1) is 8.24. The van der Waals surface area contributed by atoms with E-state index in [2.05, 4.69) is 26.1 Å². The zero-order valence-corrected chi connectivity index (χ0v) is 12.1. The molecule has 0 saturated heterocycles. The molecule has 0 heterocycles. The molecule has 2 nitrogen and oxygen atoms in total. The largest absolute Gasteiger partial charge is 0.356 e. The number of carbonyl (C=O) groups is 1. The molecule has 102 valence electrons. The fourth-order valence-corrected chi connectivity index (χ4v) is 2.00. The molecular weight excluding hydrogens is 210 g/mol. The van der Waals surface area contributed by atoms with Crippen molar-refractivity contribution in [1.82, 2.24) is 5.32 Å². The predicted molar refractivity (Wildman–Crippen MR) is 75.1 cm³/mol. The lowest BCUT2D eigenvalue weighted by Crippen LogP contribution is -2.28. The zero-order valence-electron chi connectivity index (χ0n) is 12.1. The summed E-state index contributed by atoms with van der Waals surface area (Å²) in [6.45, 7) is 7.51. The molecule has 0 aliphatic rings. The van der Waals surface area contributed by atoms with E-state index in [1.807, 2.05) is 0 Å². The monoisotopic (exact) mass is 241 g/mol. The van der Waals surface area contributed by atoms with Gasteiger partial charge in [0.1, 0.15) is 0 Å². The Kier molecular flexibility index (Phi) is 11.6. The fraction of sp³-hybridized carbons (Fsp3) is 0.933. The fourth-order valence-electron chi connectivity index (χ4n) is 2.00. The first-order valence-electron chi connectivity index (χ1n) is 7.51. The number of hydrogen-bond donors (Lipinski definition) is 1. The zero-order chi connectivity index (χ0) is 12.9. The van der Waals surface area contributed by atoms with Crippen molar-refractivity contribution in [3.8, 4) is 0 Å². The highest BCUT2D eigenvalue weighted by molar-refractivity contribution is 5.75. The van der Waals surface area contributed by atoms with Gasteiger partial charge in [-0.25, -0.2) is 0 Å². The van der Waals surface area contributed by atoms with Crippen LogP contribution in [0.1, 0.15) is 78.6 Å². The molecule has 0 aromatic rings. The molecular formula is C15H31NO. The maximum absolute atomic E-state index is 11.6. The quantitative estimate of drug-likeness (QED) is 0.537. The second-order valence-electron chi connectivity index (χ2n) is 5.03. The van der Waals surface area contributed by atoms with E-state index in [1.54, 1.807) is 0 Å². The van der Waals surface area contributed by atoms with Gasteiger partial charge in [0.15, 0.2) is 0 Å². The van der Waals surface area contributed by atoms with Crippen LogP contribution < -0.4 is 5.32 Å². The molecule has 0 saturated carbocycles. The molecule has 0 aliphatic heterocycles. The lowest BCUT2D eigenvalue weighted by Gasteiger charge is -2.15. The van der Waals surface area contributed by atoms with Gasteiger partial charge in [-0.05, 0) is 18.8 Å². The molecule has 1 unspecified atom stereocenters. The van der Waals surface area contributed by atoms with Crippen LogP contribution >= 0.6 is 0 Å². The summed E-state index contributed by atoms with van der Waals surface area (Å²) in [6.07, 6.45) is 10.4. The Morgan fingerprint density at radius 2 is 1.71 bits per heavy atom. The van der Waals surface area contributed by atoms with Crippen LogP contribution in [-0.2, 0) is 4.79 Å². The van der Waals surface area contributed by atoms with Crippen LogP contribution in [0, 0.1) is 5.92 Å². The van der Waals surface area contributed by atoms with Gasteiger partial charge in [-0.3, -0.25) is 4.79 Å². The number of hydrogen-bond acceptors (Lipinski definition) is 1. The maximum Gasteiger partial charge on any atom is 0.220 e. The van der Waals surface area contributed by atoms with Crippen LogP contribution in [-0.4, -0.2) is 12.5 Å². The van der Waals surface area contributed by atoms with Crippen LogP contribution in [0.2, 0.25) is 0 Å². The number of unbranched alkanes of at least 4 members (excludes halogenated alkanes) is 4. The van der Waals surface area contributed by atoms with Crippen LogP contribution in [0.25, 0.3) is 0 Å². The molecule has 1 N–H and O–H groups in total. The van der Waals surface area contributed by atoms with Gasteiger partial charge in [0.25, 0.3) is 0 Å². The number of amides is 1. The normalized spacial score (nSPS) is 12.4. The van der Waals surface area contributed by atoms with E-state index in [9.17, 15) is 4.79 Å². The summed E-state index contributed by atoms with van der Waals surface area (Å²) in [5.41, 5.74) is 0. The Morgan fingerprint density at radius 3 is 2.29 bits per heavy atom. The van der Waals surface area contributed by atoms with Gasteiger partial charge in [0, 0.05) is 13.0 Å². The lowest BCUT2D eigenvalue weighted by molar-refractivity contribution is -0.121. The minimum atomic E-state index is 0.246. The molecule has 2 heteroatoms. The minimum Gasteiger partial charge on any atom is -0.356 e. The maximum atomic E-state index is 11.6. The smallest absolute Gasteiger partial charge is 0.220 e. The molecule has 17 heavy (non-hydrogen) atoms. The van der Waals surface area contributed by atoms with Crippen LogP contribution in [0.3, 0.4) is 0 Å². The third-order valence-electron chi connectivity index (χ3n) is 3.39. The van der Waals surface area contributed by atoms with E-state index in [0.29, 0.717) is 12.3 Å². The molecule has 0 rings (SSSR count). The Balaban J connectivity index is 3.52. The van der Waals surface area contributed by atoms with E-state index in [0.717, 1.165) is 13.0 Å². The Hall–Kier alpha value is -0.530. The average Bonchev–Trinajstić information content (AvgIpc) is 2.35. The topological polar surface area (TPSA) is 29.1 Å². The van der Waals surface area contributed by atoms with Crippen LogP contribution in [0.5, 0.6) is 0 Å². The molecule has 0 radical (unpaired) electrons. The minimum absolute atomic E-state index is 0.246. The van der Waals surface area contributed by atoms with E-state index in [4.69, 9.17) is 0 Å². The van der Waals surface area contributed by atoms with Crippen molar-refractivity contribution in [2.24, 2.45) is 5.92 Å². The van der Waals surface area contributed by atoms with Gasteiger partial charge >= 0.3 is 0 Å². The molecule has 1 atom stereocenters. The van der Waals surface area contributed by atoms with Gasteiger partial charge < -0.3 is 5.32 Å². The molecule has 0 fully saturated rings. The summed E-state index contributed by atoms with van der Waals surface area (Å²) in [5.74, 6) is 0.922. The molecule has 0 aromatic heterocycles. The molecule has 0 spiro atoms. The number of carbonyl (C=O) groups excluding carboxylic acids is 1. The van der Waals surface area contributed by atoms with E-state index in [-0.39, 0.29) is 5.91 Å². The Labute approximate surface area is 108 Å². The highest BCUT2D eigenvalue weighted by Gasteiger charge is 2.07. The second-order valence-corrected chi connectivity index (χ2v) is 5.03. The van der Waals surface area contributed by atoms with Gasteiger partial charge in [0.2, 0.25) is 5.91 Å². The first kappa shape index (κ1) is 16.5.